The maximum absolute atomic E-state index is 6.34. The molecule has 3 aromatic rings. The van der Waals surface area contributed by atoms with E-state index in [9.17, 15) is 0 Å². The lowest BCUT2D eigenvalue weighted by Crippen LogP contribution is -2.24. The van der Waals surface area contributed by atoms with Gasteiger partial charge < -0.3 is 10.5 Å². The van der Waals surface area contributed by atoms with Crippen LogP contribution in [-0.2, 0) is 0 Å². The van der Waals surface area contributed by atoms with Crippen LogP contribution < -0.4 is 10.5 Å². The van der Waals surface area contributed by atoms with E-state index in [1.54, 1.807) is 0 Å². The average molecular weight is 275 g/mol. The Balaban J connectivity index is 1.81. The van der Waals surface area contributed by atoms with E-state index < -0.39 is 0 Å². The summed E-state index contributed by atoms with van der Waals surface area (Å²) in [6, 6.07) is 22.9. The first-order valence-corrected chi connectivity index (χ1v) is 7.32. The second kappa shape index (κ2) is 4.90. The highest BCUT2D eigenvalue weighted by molar-refractivity contribution is 5.86. The highest BCUT2D eigenvalue weighted by Crippen LogP contribution is 2.41. The van der Waals surface area contributed by atoms with Crippen molar-refractivity contribution in [3.63, 3.8) is 0 Å². The first-order chi connectivity index (χ1) is 10.3. The second-order valence-electron chi connectivity index (χ2n) is 5.55. The summed E-state index contributed by atoms with van der Waals surface area (Å²) >= 11 is 0. The second-order valence-corrected chi connectivity index (χ2v) is 5.55. The topological polar surface area (TPSA) is 35.2 Å². The van der Waals surface area contributed by atoms with Crippen molar-refractivity contribution in [3.8, 4) is 5.75 Å². The minimum atomic E-state index is 0.0148. The lowest BCUT2D eigenvalue weighted by Gasteiger charge is -2.31. The van der Waals surface area contributed by atoms with Crippen molar-refractivity contribution in [2.75, 3.05) is 0 Å². The number of rotatable bonds is 1. The molecule has 0 spiro atoms. The van der Waals surface area contributed by atoms with Gasteiger partial charge in [0.25, 0.3) is 0 Å². The van der Waals surface area contributed by atoms with Crippen molar-refractivity contribution < 1.29 is 4.74 Å². The van der Waals surface area contributed by atoms with Crippen LogP contribution in [0.1, 0.15) is 29.7 Å². The summed E-state index contributed by atoms with van der Waals surface area (Å²) in [5.74, 6) is 0.911. The number of fused-ring (bicyclic) bond motifs is 2. The molecule has 0 bridgehead atoms. The zero-order valence-electron chi connectivity index (χ0n) is 11.7. The summed E-state index contributed by atoms with van der Waals surface area (Å²) in [7, 11) is 0. The van der Waals surface area contributed by atoms with E-state index in [0.717, 1.165) is 17.7 Å². The molecule has 0 aromatic heterocycles. The van der Waals surface area contributed by atoms with E-state index in [2.05, 4.69) is 48.5 Å². The van der Waals surface area contributed by atoms with Gasteiger partial charge in [-0.3, -0.25) is 0 Å². The molecule has 2 nitrogen and oxygen atoms in total. The highest BCUT2D eigenvalue weighted by Gasteiger charge is 2.27. The zero-order valence-corrected chi connectivity index (χ0v) is 11.7. The molecule has 0 amide bonds. The zero-order chi connectivity index (χ0) is 14.2. The molecule has 1 aliphatic heterocycles. The van der Waals surface area contributed by atoms with Crippen LogP contribution >= 0.6 is 0 Å². The predicted octanol–water partition coefficient (Wildman–Crippen LogP) is 4.36. The molecule has 2 N–H and O–H groups in total. The van der Waals surface area contributed by atoms with Gasteiger partial charge in [-0.05, 0) is 16.8 Å². The van der Waals surface area contributed by atoms with Crippen LogP contribution in [0.5, 0.6) is 5.75 Å². The lowest BCUT2D eigenvalue weighted by molar-refractivity contribution is 0.163. The molecule has 2 unspecified atom stereocenters. The summed E-state index contributed by atoms with van der Waals surface area (Å²) in [5, 5.41) is 2.49. The average Bonchev–Trinajstić information content (AvgIpc) is 2.54. The molecular formula is C19H17NO. The van der Waals surface area contributed by atoms with Crippen LogP contribution in [0.15, 0.2) is 66.7 Å². The Bertz CT molecular complexity index is 791. The molecule has 0 saturated heterocycles. The van der Waals surface area contributed by atoms with Gasteiger partial charge >= 0.3 is 0 Å². The van der Waals surface area contributed by atoms with Crippen LogP contribution in [0, 0.1) is 0 Å². The first-order valence-electron chi connectivity index (χ1n) is 7.32. The van der Waals surface area contributed by atoms with Gasteiger partial charge in [-0.1, -0.05) is 60.7 Å². The number of benzene rings is 3. The molecule has 1 heterocycles. The van der Waals surface area contributed by atoms with Crippen molar-refractivity contribution in [1.29, 1.82) is 0 Å². The van der Waals surface area contributed by atoms with Gasteiger partial charge in [0.15, 0.2) is 0 Å². The molecule has 3 aromatic carbocycles. The number of para-hydroxylation sites is 1. The Kier molecular flexibility index (Phi) is 2.90. The van der Waals surface area contributed by atoms with E-state index in [4.69, 9.17) is 10.5 Å². The number of hydrogen-bond donors (Lipinski definition) is 1. The fraction of sp³-hybridized carbons (Fsp3) is 0.158. The van der Waals surface area contributed by atoms with E-state index >= 15 is 0 Å². The van der Waals surface area contributed by atoms with Crippen molar-refractivity contribution in [2.45, 2.75) is 18.6 Å². The fourth-order valence-corrected chi connectivity index (χ4v) is 3.17. The molecule has 0 aliphatic carbocycles. The smallest absolute Gasteiger partial charge is 0.126 e. The molecule has 2 heteroatoms. The van der Waals surface area contributed by atoms with Gasteiger partial charge in [0.05, 0.1) is 0 Å². The third-order valence-electron chi connectivity index (χ3n) is 4.23. The molecule has 1 aliphatic rings. The molecule has 4 rings (SSSR count). The maximum atomic E-state index is 6.34. The van der Waals surface area contributed by atoms with Crippen LogP contribution in [-0.4, -0.2) is 0 Å². The molecule has 2 atom stereocenters. The molecule has 0 fully saturated rings. The van der Waals surface area contributed by atoms with Crippen LogP contribution in [0.25, 0.3) is 10.8 Å². The fourth-order valence-electron chi connectivity index (χ4n) is 3.17. The normalized spacial score (nSPS) is 20.8. The summed E-state index contributed by atoms with van der Waals surface area (Å²) in [6.07, 6.45) is 0.825. The van der Waals surface area contributed by atoms with E-state index in [-0.39, 0.29) is 12.1 Å². The quantitative estimate of drug-likeness (QED) is 0.716. The van der Waals surface area contributed by atoms with E-state index in [0.29, 0.717) is 0 Å². The molecule has 0 saturated carbocycles. The van der Waals surface area contributed by atoms with Crippen molar-refractivity contribution in [3.05, 3.63) is 77.9 Å². The van der Waals surface area contributed by atoms with E-state index in [1.165, 1.54) is 16.3 Å². The largest absolute Gasteiger partial charge is 0.485 e. The Labute approximate surface area is 124 Å². The molecule has 104 valence electrons. The minimum Gasteiger partial charge on any atom is -0.485 e. The minimum absolute atomic E-state index is 0.0148. The van der Waals surface area contributed by atoms with Gasteiger partial charge in [0.2, 0.25) is 0 Å². The molecular weight excluding hydrogens is 258 g/mol. The number of hydrogen-bond acceptors (Lipinski definition) is 2. The van der Waals surface area contributed by atoms with Crippen molar-refractivity contribution >= 4 is 10.8 Å². The maximum Gasteiger partial charge on any atom is 0.126 e. The number of nitrogens with two attached hydrogens (primary N) is 1. The number of ether oxygens (including phenoxy) is 1. The van der Waals surface area contributed by atoms with Crippen LogP contribution in [0.4, 0.5) is 0 Å². The van der Waals surface area contributed by atoms with Crippen LogP contribution in [0.2, 0.25) is 0 Å². The highest BCUT2D eigenvalue weighted by atomic mass is 16.5. The third kappa shape index (κ3) is 2.08. The van der Waals surface area contributed by atoms with Crippen LogP contribution in [0.3, 0.4) is 0 Å². The van der Waals surface area contributed by atoms with Gasteiger partial charge in [-0.15, -0.1) is 0 Å². The Morgan fingerprint density at radius 1 is 0.810 bits per heavy atom. The Morgan fingerprint density at radius 2 is 1.52 bits per heavy atom. The van der Waals surface area contributed by atoms with Crippen molar-refractivity contribution in [1.82, 2.24) is 0 Å². The Morgan fingerprint density at radius 3 is 2.48 bits per heavy atom. The molecule has 0 radical (unpaired) electrons. The first kappa shape index (κ1) is 12.4. The van der Waals surface area contributed by atoms with Gasteiger partial charge in [-0.25, -0.2) is 0 Å². The Hall–Kier alpha value is -2.32. The summed E-state index contributed by atoms with van der Waals surface area (Å²) in [6.45, 7) is 0. The lowest BCUT2D eigenvalue weighted by atomic mass is 9.91. The SMILES string of the molecule is NC1CC(c2cccc3ccccc23)Oc2ccccc21. The van der Waals surface area contributed by atoms with Gasteiger partial charge in [0.1, 0.15) is 11.9 Å². The predicted molar refractivity (Wildman–Crippen MR) is 85.3 cm³/mol. The third-order valence-corrected chi connectivity index (χ3v) is 4.23. The summed E-state index contributed by atoms with van der Waals surface area (Å²) in [4.78, 5) is 0. The van der Waals surface area contributed by atoms with Crippen molar-refractivity contribution in [2.24, 2.45) is 5.73 Å². The molecule has 21 heavy (non-hydrogen) atoms. The van der Waals surface area contributed by atoms with E-state index in [1.807, 2.05) is 18.2 Å². The van der Waals surface area contributed by atoms with Gasteiger partial charge in [-0.2, -0.15) is 0 Å². The standard InChI is InChI=1S/C19H17NO/c20-17-12-19(21-18-11-4-3-9-16(17)18)15-10-5-7-13-6-1-2-8-14(13)15/h1-11,17,19H,12,20H2. The monoisotopic (exact) mass is 275 g/mol. The van der Waals surface area contributed by atoms with Gasteiger partial charge in [0, 0.05) is 23.6 Å². The summed E-state index contributed by atoms with van der Waals surface area (Å²) < 4.78 is 6.22. The summed E-state index contributed by atoms with van der Waals surface area (Å²) in [5.41, 5.74) is 8.66.